The summed E-state index contributed by atoms with van der Waals surface area (Å²) in [6.07, 6.45) is 1.93. The molecule has 1 amide bonds. The van der Waals surface area contributed by atoms with Gasteiger partial charge in [0.2, 0.25) is 6.79 Å². The molecule has 0 bridgehead atoms. The van der Waals surface area contributed by atoms with Crippen LogP contribution in [0.1, 0.15) is 37.0 Å². The molecule has 2 aromatic carbocycles. The average Bonchev–Trinajstić information content (AvgIpc) is 3.09. The van der Waals surface area contributed by atoms with Gasteiger partial charge in [-0.15, -0.1) is 0 Å². The van der Waals surface area contributed by atoms with Crippen molar-refractivity contribution in [3.05, 3.63) is 48.0 Å². The van der Waals surface area contributed by atoms with Crippen LogP contribution in [0.4, 0.5) is 0 Å². The van der Waals surface area contributed by atoms with Crippen LogP contribution in [0.25, 0.3) is 11.1 Å². The van der Waals surface area contributed by atoms with E-state index in [9.17, 15) is 4.79 Å². The minimum Gasteiger partial charge on any atom is -0.454 e. The molecular weight excluding hydrogens is 302 g/mol. The van der Waals surface area contributed by atoms with Crippen molar-refractivity contribution in [3.8, 4) is 22.6 Å². The van der Waals surface area contributed by atoms with Gasteiger partial charge in [0.25, 0.3) is 5.91 Å². The lowest BCUT2D eigenvalue weighted by Gasteiger charge is -2.21. The Bertz CT molecular complexity index is 721. The Labute approximate surface area is 143 Å². The molecule has 24 heavy (non-hydrogen) atoms. The first-order valence-electron chi connectivity index (χ1n) is 8.52. The summed E-state index contributed by atoms with van der Waals surface area (Å²) in [5.41, 5.74) is 2.76. The fourth-order valence-electron chi connectivity index (χ4n) is 2.95. The van der Waals surface area contributed by atoms with Crippen LogP contribution < -0.4 is 9.47 Å². The molecule has 1 aliphatic rings. The summed E-state index contributed by atoms with van der Waals surface area (Å²) >= 11 is 0. The normalized spacial score (nSPS) is 12.2. The quantitative estimate of drug-likeness (QED) is 0.793. The lowest BCUT2D eigenvalue weighted by Crippen LogP contribution is -2.32. The van der Waals surface area contributed by atoms with Crippen LogP contribution in [0.5, 0.6) is 11.5 Å². The van der Waals surface area contributed by atoms with E-state index in [-0.39, 0.29) is 12.7 Å². The van der Waals surface area contributed by atoms with E-state index < -0.39 is 0 Å². The number of fused-ring (bicyclic) bond motifs is 1. The third kappa shape index (κ3) is 3.37. The van der Waals surface area contributed by atoms with Crippen molar-refractivity contribution >= 4 is 5.91 Å². The van der Waals surface area contributed by atoms with Crippen LogP contribution in [0.2, 0.25) is 0 Å². The largest absolute Gasteiger partial charge is 0.454 e. The zero-order chi connectivity index (χ0) is 16.9. The number of benzene rings is 2. The first-order valence-corrected chi connectivity index (χ1v) is 8.52. The molecule has 1 heterocycles. The SMILES string of the molecule is CCCN(CCC)C(=O)c1cccc(-c2ccc3c(c2)OCO3)c1. The summed E-state index contributed by atoms with van der Waals surface area (Å²) in [6, 6.07) is 13.7. The molecule has 0 radical (unpaired) electrons. The Balaban J connectivity index is 1.87. The van der Waals surface area contributed by atoms with E-state index in [1.54, 1.807) is 0 Å². The topological polar surface area (TPSA) is 38.8 Å². The Morgan fingerprint density at radius 1 is 0.958 bits per heavy atom. The zero-order valence-corrected chi connectivity index (χ0v) is 14.2. The van der Waals surface area contributed by atoms with Crippen LogP contribution >= 0.6 is 0 Å². The van der Waals surface area contributed by atoms with Crippen molar-refractivity contribution in [1.82, 2.24) is 4.90 Å². The first kappa shape index (κ1) is 16.4. The molecule has 0 spiro atoms. The van der Waals surface area contributed by atoms with Gasteiger partial charge in [-0.1, -0.05) is 32.0 Å². The molecule has 4 nitrogen and oxygen atoms in total. The van der Waals surface area contributed by atoms with Crippen LogP contribution in [0.15, 0.2) is 42.5 Å². The van der Waals surface area contributed by atoms with Gasteiger partial charge in [0, 0.05) is 18.7 Å². The summed E-state index contributed by atoms with van der Waals surface area (Å²) in [4.78, 5) is 14.7. The highest BCUT2D eigenvalue weighted by molar-refractivity contribution is 5.95. The van der Waals surface area contributed by atoms with Crippen molar-refractivity contribution in [3.63, 3.8) is 0 Å². The molecule has 0 aromatic heterocycles. The van der Waals surface area contributed by atoms with Gasteiger partial charge in [0.15, 0.2) is 11.5 Å². The fraction of sp³-hybridized carbons (Fsp3) is 0.350. The van der Waals surface area contributed by atoms with E-state index in [1.807, 2.05) is 47.4 Å². The van der Waals surface area contributed by atoms with Gasteiger partial charge >= 0.3 is 0 Å². The van der Waals surface area contributed by atoms with Crippen LogP contribution in [0, 0.1) is 0 Å². The summed E-state index contributed by atoms with van der Waals surface area (Å²) in [7, 11) is 0. The molecule has 3 rings (SSSR count). The number of nitrogens with zero attached hydrogens (tertiary/aromatic N) is 1. The summed E-state index contributed by atoms with van der Waals surface area (Å²) < 4.78 is 10.8. The number of amides is 1. The highest BCUT2D eigenvalue weighted by Crippen LogP contribution is 2.36. The maximum Gasteiger partial charge on any atom is 0.253 e. The molecule has 0 atom stereocenters. The lowest BCUT2D eigenvalue weighted by atomic mass is 10.0. The second kappa shape index (κ2) is 7.39. The zero-order valence-electron chi connectivity index (χ0n) is 14.2. The molecule has 0 aliphatic carbocycles. The maximum absolute atomic E-state index is 12.8. The number of hydrogen-bond acceptors (Lipinski definition) is 3. The first-order chi connectivity index (χ1) is 11.7. The minimum absolute atomic E-state index is 0.0984. The average molecular weight is 325 g/mol. The molecule has 4 heteroatoms. The van der Waals surface area contributed by atoms with Gasteiger partial charge in [0.05, 0.1) is 0 Å². The highest BCUT2D eigenvalue weighted by atomic mass is 16.7. The van der Waals surface area contributed by atoms with Crippen molar-refractivity contribution in [2.45, 2.75) is 26.7 Å². The predicted molar refractivity (Wildman–Crippen MR) is 94.5 cm³/mol. The van der Waals surface area contributed by atoms with E-state index in [2.05, 4.69) is 13.8 Å². The third-order valence-electron chi connectivity index (χ3n) is 4.09. The minimum atomic E-state index is 0.0984. The van der Waals surface area contributed by atoms with Crippen molar-refractivity contribution in [2.24, 2.45) is 0 Å². The van der Waals surface area contributed by atoms with Crippen LogP contribution in [-0.4, -0.2) is 30.7 Å². The molecule has 0 fully saturated rings. The Morgan fingerprint density at radius 2 is 1.67 bits per heavy atom. The van der Waals surface area contributed by atoms with Gasteiger partial charge in [-0.3, -0.25) is 4.79 Å². The van der Waals surface area contributed by atoms with Crippen molar-refractivity contribution in [2.75, 3.05) is 19.9 Å². The summed E-state index contributed by atoms with van der Waals surface area (Å²) in [6.45, 7) is 6.04. The Hall–Kier alpha value is -2.49. The standard InChI is InChI=1S/C20H23NO3/c1-3-10-21(11-4-2)20(22)17-7-5-6-15(12-17)16-8-9-18-19(13-16)24-14-23-18/h5-9,12-13H,3-4,10-11,14H2,1-2H3. The van der Waals surface area contributed by atoms with Crippen LogP contribution in [0.3, 0.4) is 0 Å². The summed E-state index contributed by atoms with van der Waals surface area (Å²) in [5.74, 6) is 1.62. The van der Waals surface area contributed by atoms with Gasteiger partial charge in [-0.05, 0) is 48.2 Å². The number of hydrogen-bond donors (Lipinski definition) is 0. The van der Waals surface area contributed by atoms with E-state index in [1.165, 1.54) is 0 Å². The van der Waals surface area contributed by atoms with Gasteiger partial charge in [0.1, 0.15) is 0 Å². The number of carbonyl (C=O) groups is 1. The van der Waals surface area contributed by atoms with Crippen molar-refractivity contribution in [1.29, 1.82) is 0 Å². The molecule has 0 unspecified atom stereocenters. The highest BCUT2D eigenvalue weighted by Gasteiger charge is 2.17. The second-order valence-electron chi connectivity index (χ2n) is 5.94. The molecule has 126 valence electrons. The molecule has 0 saturated carbocycles. The molecule has 0 saturated heterocycles. The second-order valence-corrected chi connectivity index (χ2v) is 5.94. The van der Waals surface area contributed by atoms with Gasteiger partial charge in [-0.2, -0.15) is 0 Å². The van der Waals surface area contributed by atoms with E-state index in [0.717, 1.165) is 54.1 Å². The van der Waals surface area contributed by atoms with E-state index >= 15 is 0 Å². The fourth-order valence-corrected chi connectivity index (χ4v) is 2.95. The molecule has 2 aromatic rings. The Kier molecular flexibility index (Phi) is 5.04. The predicted octanol–water partition coefficient (Wildman–Crippen LogP) is 4.34. The van der Waals surface area contributed by atoms with Crippen molar-refractivity contribution < 1.29 is 14.3 Å². The van der Waals surface area contributed by atoms with E-state index in [0.29, 0.717) is 0 Å². The smallest absolute Gasteiger partial charge is 0.253 e. The maximum atomic E-state index is 12.8. The molecular formula is C20H23NO3. The molecule has 0 N–H and O–H groups in total. The summed E-state index contributed by atoms with van der Waals surface area (Å²) in [5, 5.41) is 0. The van der Waals surface area contributed by atoms with Crippen LogP contribution in [-0.2, 0) is 0 Å². The number of rotatable bonds is 6. The van der Waals surface area contributed by atoms with E-state index in [4.69, 9.17) is 9.47 Å². The third-order valence-corrected chi connectivity index (χ3v) is 4.09. The number of carbonyl (C=O) groups excluding carboxylic acids is 1. The molecule has 1 aliphatic heterocycles. The van der Waals surface area contributed by atoms with Gasteiger partial charge < -0.3 is 14.4 Å². The van der Waals surface area contributed by atoms with Gasteiger partial charge in [-0.25, -0.2) is 0 Å². The monoisotopic (exact) mass is 325 g/mol. The Morgan fingerprint density at radius 3 is 2.42 bits per heavy atom. The lowest BCUT2D eigenvalue weighted by molar-refractivity contribution is 0.0755. The number of ether oxygens (including phenoxy) is 2.